The SMILES string of the molecule is O=C(C=Cc1ccc2c(c1)OCCO2)Oc1ccc2ccncc2c1. The molecular weight excluding hydrogens is 318 g/mol. The van der Waals surface area contributed by atoms with Crippen molar-refractivity contribution < 1.29 is 19.0 Å². The molecule has 2 aromatic carbocycles. The molecule has 0 saturated heterocycles. The quantitative estimate of drug-likeness (QED) is 0.416. The molecule has 4 rings (SSSR count). The van der Waals surface area contributed by atoms with Crippen LogP contribution in [0.4, 0.5) is 0 Å². The summed E-state index contributed by atoms with van der Waals surface area (Å²) >= 11 is 0. The number of hydrogen-bond donors (Lipinski definition) is 0. The molecule has 0 bridgehead atoms. The number of aromatic nitrogens is 1. The van der Waals surface area contributed by atoms with E-state index in [0.29, 0.717) is 24.7 Å². The maximum Gasteiger partial charge on any atom is 0.336 e. The Kier molecular flexibility index (Phi) is 4.04. The molecule has 2 heterocycles. The van der Waals surface area contributed by atoms with Gasteiger partial charge in [0.1, 0.15) is 19.0 Å². The number of pyridine rings is 1. The van der Waals surface area contributed by atoms with E-state index >= 15 is 0 Å². The minimum Gasteiger partial charge on any atom is -0.486 e. The zero-order chi connectivity index (χ0) is 17.1. The van der Waals surface area contributed by atoms with Gasteiger partial charge in [0.15, 0.2) is 11.5 Å². The number of hydrogen-bond acceptors (Lipinski definition) is 5. The third-order valence-electron chi connectivity index (χ3n) is 3.81. The van der Waals surface area contributed by atoms with Gasteiger partial charge >= 0.3 is 5.97 Å². The van der Waals surface area contributed by atoms with Crippen LogP contribution in [0.2, 0.25) is 0 Å². The fourth-order valence-corrected chi connectivity index (χ4v) is 2.60. The van der Waals surface area contributed by atoms with E-state index in [4.69, 9.17) is 14.2 Å². The molecule has 1 aliphatic heterocycles. The average molecular weight is 333 g/mol. The number of carbonyl (C=O) groups is 1. The summed E-state index contributed by atoms with van der Waals surface area (Å²) in [5.74, 6) is 1.44. The van der Waals surface area contributed by atoms with Crippen LogP contribution in [0, 0.1) is 0 Å². The highest BCUT2D eigenvalue weighted by atomic mass is 16.6. The highest BCUT2D eigenvalue weighted by Gasteiger charge is 2.11. The molecule has 0 atom stereocenters. The summed E-state index contributed by atoms with van der Waals surface area (Å²) in [4.78, 5) is 16.1. The van der Waals surface area contributed by atoms with Gasteiger partial charge in [-0.2, -0.15) is 0 Å². The van der Waals surface area contributed by atoms with Gasteiger partial charge in [0.25, 0.3) is 0 Å². The fraction of sp³-hybridized carbons (Fsp3) is 0.100. The largest absolute Gasteiger partial charge is 0.486 e. The Morgan fingerprint density at radius 1 is 1.00 bits per heavy atom. The van der Waals surface area contributed by atoms with Gasteiger partial charge in [-0.15, -0.1) is 0 Å². The molecule has 0 radical (unpaired) electrons. The van der Waals surface area contributed by atoms with E-state index in [-0.39, 0.29) is 0 Å². The molecule has 0 saturated carbocycles. The first-order chi connectivity index (χ1) is 12.3. The van der Waals surface area contributed by atoms with E-state index < -0.39 is 5.97 Å². The van der Waals surface area contributed by atoms with Crippen LogP contribution in [-0.4, -0.2) is 24.2 Å². The maximum absolute atomic E-state index is 12.0. The first-order valence-corrected chi connectivity index (χ1v) is 7.91. The second-order valence-electron chi connectivity index (χ2n) is 5.54. The normalized spacial score (nSPS) is 13.1. The smallest absolute Gasteiger partial charge is 0.336 e. The van der Waals surface area contributed by atoms with Gasteiger partial charge in [0.05, 0.1) is 0 Å². The molecule has 3 aromatic rings. The van der Waals surface area contributed by atoms with Crippen LogP contribution in [0.15, 0.2) is 60.9 Å². The molecule has 0 amide bonds. The highest BCUT2D eigenvalue weighted by Crippen LogP contribution is 2.31. The summed E-state index contributed by atoms with van der Waals surface area (Å²) in [6.07, 6.45) is 6.53. The van der Waals surface area contributed by atoms with Crippen LogP contribution in [0.1, 0.15) is 5.56 Å². The van der Waals surface area contributed by atoms with Crippen LogP contribution in [0.25, 0.3) is 16.8 Å². The minimum absolute atomic E-state index is 0.446. The fourth-order valence-electron chi connectivity index (χ4n) is 2.60. The van der Waals surface area contributed by atoms with E-state index in [1.807, 2.05) is 30.3 Å². The highest BCUT2D eigenvalue weighted by molar-refractivity contribution is 5.90. The molecule has 1 aromatic heterocycles. The Hall–Kier alpha value is -3.34. The third-order valence-corrected chi connectivity index (χ3v) is 3.81. The Morgan fingerprint density at radius 3 is 2.80 bits per heavy atom. The summed E-state index contributed by atoms with van der Waals surface area (Å²) in [6.45, 7) is 1.08. The molecule has 0 aliphatic carbocycles. The van der Waals surface area contributed by atoms with E-state index in [1.54, 1.807) is 30.6 Å². The first-order valence-electron chi connectivity index (χ1n) is 7.91. The lowest BCUT2D eigenvalue weighted by molar-refractivity contribution is -0.128. The molecule has 5 heteroatoms. The first kappa shape index (κ1) is 15.2. The molecule has 0 spiro atoms. The van der Waals surface area contributed by atoms with Crippen molar-refractivity contribution >= 4 is 22.8 Å². The van der Waals surface area contributed by atoms with Crippen LogP contribution in [0.5, 0.6) is 17.2 Å². The van der Waals surface area contributed by atoms with Crippen LogP contribution < -0.4 is 14.2 Å². The zero-order valence-electron chi connectivity index (χ0n) is 13.3. The summed E-state index contributed by atoms with van der Waals surface area (Å²) in [7, 11) is 0. The van der Waals surface area contributed by atoms with E-state index in [0.717, 1.165) is 22.1 Å². The van der Waals surface area contributed by atoms with Crippen molar-refractivity contribution in [2.75, 3.05) is 13.2 Å². The van der Waals surface area contributed by atoms with Crippen molar-refractivity contribution in [2.45, 2.75) is 0 Å². The van der Waals surface area contributed by atoms with Crippen LogP contribution >= 0.6 is 0 Å². The van der Waals surface area contributed by atoms with Gasteiger partial charge in [-0.3, -0.25) is 4.98 Å². The molecule has 0 N–H and O–H groups in total. The Morgan fingerprint density at radius 2 is 1.88 bits per heavy atom. The molecule has 25 heavy (non-hydrogen) atoms. The number of benzene rings is 2. The molecule has 5 nitrogen and oxygen atoms in total. The van der Waals surface area contributed by atoms with Crippen molar-refractivity contribution in [3.05, 3.63) is 66.5 Å². The summed E-state index contributed by atoms with van der Waals surface area (Å²) in [5, 5.41) is 1.96. The van der Waals surface area contributed by atoms with E-state index in [1.165, 1.54) is 6.08 Å². The lowest BCUT2D eigenvalue weighted by Gasteiger charge is -2.18. The summed E-state index contributed by atoms with van der Waals surface area (Å²) in [5.41, 5.74) is 0.837. The number of nitrogens with zero attached hydrogens (tertiary/aromatic N) is 1. The Labute approximate surface area is 144 Å². The zero-order valence-corrected chi connectivity index (χ0v) is 13.3. The topological polar surface area (TPSA) is 57.7 Å². The molecule has 124 valence electrons. The monoisotopic (exact) mass is 333 g/mol. The van der Waals surface area contributed by atoms with Crippen molar-refractivity contribution in [1.29, 1.82) is 0 Å². The molecule has 0 fully saturated rings. The van der Waals surface area contributed by atoms with Crippen molar-refractivity contribution in [2.24, 2.45) is 0 Å². The van der Waals surface area contributed by atoms with Crippen LogP contribution in [-0.2, 0) is 4.79 Å². The molecular formula is C20H15NO4. The standard InChI is InChI=1S/C20H15NO4/c22-20(25-17-4-3-15-7-8-21-13-16(15)12-17)6-2-14-1-5-18-19(11-14)24-10-9-23-18/h1-8,11-13H,9-10H2. The average Bonchev–Trinajstić information content (AvgIpc) is 2.66. The lowest BCUT2D eigenvalue weighted by atomic mass is 10.1. The summed E-state index contributed by atoms with van der Waals surface area (Å²) in [6, 6.07) is 12.9. The Bertz CT molecular complexity index is 965. The van der Waals surface area contributed by atoms with Gasteiger partial charge in [-0.05, 0) is 47.4 Å². The number of fused-ring (bicyclic) bond motifs is 2. The number of rotatable bonds is 3. The van der Waals surface area contributed by atoms with Crippen molar-refractivity contribution in [1.82, 2.24) is 4.98 Å². The van der Waals surface area contributed by atoms with E-state index in [9.17, 15) is 4.79 Å². The second kappa shape index (κ2) is 6.65. The molecule has 1 aliphatic rings. The van der Waals surface area contributed by atoms with Gasteiger partial charge < -0.3 is 14.2 Å². The molecule has 0 unspecified atom stereocenters. The lowest BCUT2D eigenvalue weighted by Crippen LogP contribution is -2.15. The van der Waals surface area contributed by atoms with Gasteiger partial charge in [-0.1, -0.05) is 12.1 Å². The van der Waals surface area contributed by atoms with Gasteiger partial charge in [0.2, 0.25) is 0 Å². The predicted molar refractivity (Wildman–Crippen MR) is 93.8 cm³/mol. The van der Waals surface area contributed by atoms with Crippen molar-refractivity contribution in [3.63, 3.8) is 0 Å². The summed E-state index contributed by atoms with van der Waals surface area (Å²) < 4.78 is 16.3. The predicted octanol–water partition coefficient (Wildman–Crippen LogP) is 3.62. The number of carbonyl (C=O) groups excluding carboxylic acids is 1. The van der Waals surface area contributed by atoms with Crippen LogP contribution in [0.3, 0.4) is 0 Å². The Balaban J connectivity index is 1.46. The van der Waals surface area contributed by atoms with Gasteiger partial charge in [0, 0.05) is 23.9 Å². The van der Waals surface area contributed by atoms with Crippen molar-refractivity contribution in [3.8, 4) is 17.2 Å². The second-order valence-corrected chi connectivity index (χ2v) is 5.54. The number of ether oxygens (including phenoxy) is 3. The minimum atomic E-state index is -0.446. The number of esters is 1. The third kappa shape index (κ3) is 3.45. The van der Waals surface area contributed by atoms with Gasteiger partial charge in [-0.25, -0.2) is 4.79 Å². The van der Waals surface area contributed by atoms with E-state index in [2.05, 4.69) is 4.98 Å². The maximum atomic E-state index is 12.0.